The van der Waals surface area contributed by atoms with Gasteiger partial charge in [0.05, 0.1) is 4.90 Å². The van der Waals surface area contributed by atoms with E-state index in [2.05, 4.69) is 0 Å². The third kappa shape index (κ3) is 4.30. The van der Waals surface area contributed by atoms with Gasteiger partial charge in [-0.15, -0.1) is 0 Å². The summed E-state index contributed by atoms with van der Waals surface area (Å²) in [5.74, 6) is -0.0875. The Bertz CT molecular complexity index is 698. The topological polar surface area (TPSA) is 57.7 Å². The van der Waals surface area contributed by atoms with Gasteiger partial charge in [-0.1, -0.05) is 35.9 Å². The number of benzene rings is 1. The first kappa shape index (κ1) is 17.4. The van der Waals surface area contributed by atoms with Gasteiger partial charge in [0.25, 0.3) is 0 Å². The van der Waals surface area contributed by atoms with Gasteiger partial charge in [-0.2, -0.15) is 4.31 Å². The molecule has 6 heteroatoms. The summed E-state index contributed by atoms with van der Waals surface area (Å²) in [6.45, 7) is 5.25. The Kier molecular flexibility index (Phi) is 5.74. The standard InChI is InChI=1S/C17H22N2O3S/c1-3-4-5-6-17(20)18-11-13-19(14-12-18)23(21,22)16-9-7-15(2)8-10-16/h3-10H,11-14H2,1-2H3/b4-3+,6-5+. The number of hydrogen-bond acceptors (Lipinski definition) is 3. The number of sulfonamides is 1. The summed E-state index contributed by atoms with van der Waals surface area (Å²) in [6, 6.07) is 6.83. The maximum atomic E-state index is 12.6. The van der Waals surface area contributed by atoms with E-state index in [9.17, 15) is 13.2 Å². The van der Waals surface area contributed by atoms with Gasteiger partial charge >= 0.3 is 0 Å². The van der Waals surface area contributed by atoms with Crippen LogP contribution >= 0.6 is 0 Å². The Morgan fingerprint density at radius 3 is 2.22 bits per heavy atom. The molecule has 0 spiro atoms. The summed E-state index contributed by atoms with van der Waals surface area (Å²) in [5.41, 5.74) is 1.02. The van der Waals surface area contributed by atoms with Crippen molar-refractivity contribution in [2.24, 2.45) is 0 Å². The van der Waals surface area contributed by atoms with E-state index in [1.165, 1.54) is 10.4 Å². The second kappa shape index (κ2) is 7.57. The summed E-state index contributed by atoms with van der Waals surface area (Å²) >= 11 is 0. The van der Waals surface area contributed by atoms with Crippen LogP contribution in [0.25, 0.3) is 0 Å². The van der Waals surface area contributed by atoms with Gasteiger partial charge in [0.2, 0.25) is 15.9 Å². The molecule has 1 aromatic rings. The highest BCUT2D eigenvalue weighted by atomic mass is 32.2. The summed E-state index contributed by atoms with van der Waals surface area (Å²) < 4.78 is 26.6. The molecule has 0 aliphatic carbocycles. The van der Waals surface area contributed by atoms with Crippen LogP contribution in [-0.2, 0) is 14.8 Å². The number of nitrogens with zero attached hydrogens (tertiary/aromatic N) is 2. The summed E-state index contributed by atoms with van der Waals surface area (Å²) in [4.78, 5) is 13.9. The number of carbonyl (C=O) groups is 1. The first-order chi connectivity index (χ1) is 10.9. The Morgan fingerprint density at radius 2 is 1.65 bits per heavy atom. The average molecular weight is 334 g/mol. The fraction of sp³-hybridized carbons (Fsp3) is 0.353. The molecular weight excluding hydrogens is 312 g/mol. The quantitative estimate of drug-likeness (QED) is 0.625. The molecule has 0 unspecified atom stereocenters. The molecule has 0 atom stereocenters. The second-order valence-corrected chi connectivity index (χ2v) is 7.37. The van der Waals surface area contributed by atoms with E-state index >= 15 is 0 Å². The molecule has 0 saturated carbocycles. The Hall–Kier alpha value is -1.92. The third-order valence-electron chi connectivity index (χ3n) is 3.75. The predicted molar refractivity (Wildman–Crippen MR) is 90.5 cm³/mol. The highest BCUT2D eigenvalue weighted by Gasteiger charge is 2.29. The van der Waals surface area contributed by atoms with E-state index < -0.39 is 10.0 Å². The Labute approximate surface area is 138 Å². The first-order valence-corrected chi connectivity index (χ1v) is 9.04. The number of piperazine rings is 1. The first-order valence-electron chi connectivity index (χ1n) is 7.60. The monoisotopic (exact) mass is 334 g/mol. The lowest BCUT2D eigenvalue weighted by Gasteiger charge is -2.33. The van der Waals surface area contributed by atoms with Gasteiger partial charge in [-0.25, -0.2) is 8.42 Å². The lowest BCUT2D eigenvalue weighted by Crippen LogP contribution is -2.50. The van der Waals surface area contributed by atoms with E-state index in [1.54, 1.807) is 41.3 Å². The Balaban J connectivity index is 2.01. The highest BCUT2D eigenvalue weighted by Crippen LogP contribution is 2.18. The largest absolute Gasteiger partial charge is 0.337 e. The minimum absolute atomic E-state index is 0.0875. The molecule has 1 aliphatic rings. The molecule has 23 heavy (non-hydrogen) atoms. The molecule has 0 radical (unpaired) electrons. The molecule has 2 rings (SSSR count). The SMILES string of the molecule is C/C=C/C=C/C(=O)N1CCN(S(=O)(=O)c2ccc(C)cc2)CC1. The maximum absolute atomic E-state index is 12.6. The van der Waals surface area contributed by atoms with E-state index in [4.69, 9.17) is 0 Å². The molecule has 1 saturated heterocycles. The normalized spacial score (nSPS) is 17.2. The molecule has 1 amide bonds. The molecule has 124 valence electrons. The highest BCUT2D eigenvalue weighted by molar-refractivity contribution is 7.89. The minimum Gasteiger partial charge on any atom is -0.337 e. The van der Waals surface area contributed by atoms with Crippen molar-refractivity contribution in [1.29, 1.82) is 0 Å². The van der Waals surface area contributed by atoms with Crippen molar-refractivity contribution in [3.05, 3.63) is 54.1 Å². The predicted octanol–water partition coefficient (Wildman–Crippen LogP) is 1.96. The molecule has 1 fully saturated rings. The van der Waals surface area contributed by atoms with Gasteiger partial charge in [0.15, 0.2) is 0 Å². The van der Waals surface area contributed by atoms with Crippen LogP contribution in [0.2, 0.25) is 0 Å². The molecule has 1 aromatic carbocycles. The van der Waals surface area contributed by atoms with Crippen LogP contribution in [0.4, 0.5) is 0 Å². The number of carbonyl (C=O) groups excluding carboxylic acids is 1. The molecule has 0 N–H and O–H groups in total. The van der Waals surface area contributed by atoms with E-state index in [0.29, 0.717) is 31.1 Å². The molecule has 1 heterocycles. The zero-order chi connectivity index (χ0) is 16.9. The minimum atomic E-state index is -3.48. The van der Waals surface area contributed by atoms with Gasteiger partial charge < -0.3 is 4.90 Å². The lowest BCUT2D eigenvalue weighted by molar-refractivity contribution is -0.127. The molecular formula is C17H22N2O3S. The van der Waals surface area contributed by atoms with Gasteiger partial charge in [0.1, 0.15) is 0 Å². The van der Waals surface area contributed by atoms with Crippen molar-refractivity contribution in [2.75, 3.05) is 26.2 Å². The van der Waals surface area contributed by atoms with Crippen molar-refractivity contribution in [2.45, 2.75) is 18.7 Å². The van der Waals surface area contributed by atoms with Crippen LogP contribution in [0.5, 0.6) is 0 Å². The fourth-order valence-electron chi connectivity index (χ4n) is 2.36. The summed E-state index contributed by atoms with van der Waals surface area (Å²) in [5, 5.41) is 0. The third-order valence-corrected chi connectivity index (χ3v) is 5.66. The number of aryl methyl sites for hydroxylation is 1. The van der Waals surface area contributed by atoms with E-state index in [-0.39, 0.29) is 5.91 Å². The van der Waals surface area contributed by atoms with Crippen LogP contribution in [0.15, 0.2) is 53.5 Å². The summed E-state index contributed by atoms with van der Waals surface area (Å²) in [6.07, 6.45) is 6.83. The lowest BCUT2D eigenvalue weighted by atomic mass is 10.2. The fourth-order valence-corrected chi connectivity index (χ4v) is 3.78. The molecule has 0 aromatic heterocycles. The van der Waals surface area contributed by atoms with Crippen molar-refractivity contribution >= 4 is 15.9 Å². The average Bonchev–Trinajstić information content (AvgIpc) is 2.55. The van der Waals surface area contributed by atoms with Crippen molar-refractivity contribution in [3.63, 3.8) is 0 Å². The van der Waals surface area contributed by atoms with Crippen LogP contribution in [0, 0.1) is 6.92 Å². The maximum Gasteiger partial charge on any atom is 0.246 e. The van der Waals surface area contributed by atoms with Crippen LogP contribution in [0.3, 0.4) is 0 Å². The smallest absolute Gasteiger partial charge is 0.246 e. The van der Waals surface area contributed by atoms with Gasteiger partial charge in [0, 0.05) is 32.3 Å². The van der Waals surface area contributed by atoms with E-state index in [1.807, 2.05) is 19.9 Å². The molecule has 5 nitrogen and oxygen atoms in total. The van der Waals surface area contributed by atoms with Crippen LogP contribution < -0.4 is 0 Å². The number of allylic oxidation sites excluding steroid dienone is 3. The number of rotatable bonds is 4. The summed E-state index contributed by atoms with van der Waals surface area (Å²) in [7, 11) is -3.48. The van der Waals surface area contributed by atoms with Crippen molar-refractivity contribution in [3.8, 4) is 0 Å². The van der Waals surface area contributed by atoms with Crippen LogP contribution in [0.1, 0.15) is 12.5 Å². The number of hydrogen-bond donors (Lipinski definition) is 0. The Morgan fingerprint density at radius 1 is 1.04 bits per heavy atom. The molecule has 0 bridgehead atoms. The number of amides is 1. The zero-order valence-electron chi connectivity index (χ0n) is 13.5. The second-order valence-electron chi connectivity index (χ2n) is 5.43. The zero-order valence-corrected chi connectivity index (χ0v) is 14.3. The van der Waals surface area contributed by atoms with Crippen LogP contribution in [-0.4, -0.2) is 49.7 Å². The van der Waals surface area contributed by atoms with Gasteiger partial charge in [-0.05, 0) is 26.0 Å². The van der Waals surface area contributed by atoms with Gasteiger partial charge in [-0.3, -0.25) is 4.79 Å². The molecule has 1 aliphatic heterocycles. The van der Waals surface area contributed by atoms with Crippen molar-refractivity contribution < 1.29 is 13.2 Å². The van der Waals surface area contributed by atoms with E-state index in [0.717, 1.165) is 5.56 Å². The van der Waals surface area contributed by atoms with Crippen molar-refractivity contribution in [1.82, 2.24) is 9.21 Å².